The van der Waals surface area contributed by atoms with Gasteiger partial charge in [-0.1, -0.05) is 44.2 Å². The monoisotopic (exact) mass is 460 g/mol. The molecule has 1 amide bonds. The van der Waals surface area contributed by atoms with Crippen molar-refractivity contribution in [2.75, 3.05) is 26.2 Å². The molecule has 3 heterocycles. The molecule has 1 aliphatic heterocycles. The lowest BCUT2D eigenvalue weighted by molar-refractivity contribution is 0.0702. The minimum absolute atomic E-state index is 0.0102. The van der Waals surface area contributed by atoms with Crippen LogP contribution in [0.25, 0.3) is 10.2 Å². The fourth-order valence-electron chi connectivity index (χ4n) is 3.89. The molecule has 166 valence electrons. The van der Waals surface area contributed by atoms with Gasteiger partial charge >= 0.3 is 0 Å². The van der Waals surface area contributed by atoms with E-state index >= 15 is 0 Å². The summed E-state index contributed by atoms with van der Waals surface area (Å²) < 4.78 is 29.0. The Bertz CT molecular complexity index is 1170. The normalized spacial score (nSPS) is 15.8. The summed E-state index contributed by atoms with van der Waals surface area (Å²) in [5.74, 6) is 0.426. The predicted molar refractivity (Wildman–Crippen MR) is 124 cm³/mol. The maximum absolute atomic E-state index is 13.1. The first-order valence-electron chi connectivity index (χ1n) is 10.5. The number of fused-ring (bicyclic) bond motifs is 1. The number of hydrogen-bond donors (Lipinski definition) is 0. The van der Waals surface area contributed by atoms with Gasteiger partial charge in [-0.05, 0) is 24.5 Å². The Balaban J connectivity index is 1.43. The lowest BCUT2D eigenvalue weighted by atomic mass is 10.2. The van der Waals surface area contributed by atoms with Gasteiger partial charge < -0.3 is 4.90 Å². The lowest BCUT2D eigenvalue weighted by Crippen LogP contribution is -2.50. The molecule has 2 aromatic heterocycles. The van der Waals surface area contributed by atoms with Crippen molar-refractivity contribution in [1.82, 2.24) is 19.0 Å². The van der Waals surface area contributed by atoms with Gasteiger partial charge in [0.1, 0.15) is 4.83 Å². The summed E-state index contributed by atoms with van der Waals surface area (Å²) in [5, 5.41) is 5.63. The van der Waals surface area contributed by atoms with E-state index in [1.165, 1.54) is 15.6 Å². The highest BCUT2D eigenvalue weighted by molar-refractivity contribution is 7.88. The fourth-order valence-corrected chi connectivity index (χ4v) is 6.54. The number of thiophene rings is 1. The van der Waals surface area contributed by atoms with E-state index < -0.39 is 10.0 Å². The van der Waals surface area contributed by atoms with Crippen molar-refractivity contribution in [3.8, 4) is 0 Å². The van der Waals surface area contributed by atoms with Crippen LogP contribution in [0, 0.1) is 12.8 Å². The minimum Gasteiger partial charge on any atom is -0.335 e. The molecule has 0 bridgehead atoms. The number of aromatic nitrogens is 2. The first-order valence-corrected chi connectivity index (χ1v) is 12.9. The van der Waals surface area contributed by atoms with Crippen molar-refractivity contribution in [2.24, 2.45) is 5.92 Å². The molecule has 0 N–H and O–H groups in total. The molecule has 9 heteroatoms. The van der Waals surface area contributed by atoms with Gasteiger partial charge in [0.15, 0.2) is 0 Å². The summed E-state index contributed by atoms with van der Waals surface area (Å²) in [6, 6.07) is 11.1. The minimum atomic E-state index is -3.40. The molecule has 7 nitrogen and oxygen atoms in total. The number of carbonyl (C=O) groups is 1. The highest BCUT2D eigenvalue weighted by Crippen LogP contribution is 2.30. The van der Waals surface area contributed by atoms with Crippen molar-refractivity contribution in [3.05, 3.63) is 52.5 Å². The van der Waals surface area contributed by atoms with Crippen LogP contribution < -0.4 is 0 Å². The van der Waals surface area contributed by atoms with Gasteiger partial charge in [0.05, 0.1) is 16.3 Å². The average molecular weight is 461 g/mol. The van der Waals surface area contributed by atoms with Crippen LogP contribution in [0.2, 0.25) is 0 Å². The average Bonchev–Trinajstić information content (AvgIpc) is 3.29. The number of nitrogens with zero attached hydrogens (tertiary/aromatic N) is 4. The molecule has 0 spiro atoms. The standard InChI is InChI=1S/C22H28N4O3S2/c1-16(2)14-26-22-19(17(3)23-26)13-20(30-22)21(27)24-9-11-25(12-10-24)31(28,29)15-18-7-5-4-6-8-18/h4-8,13,16H,9-12,14-15H2,1-3H3. The molecule has 4 rings (SSSR count). The Kier molecular flexibility index (Phi) is 6.18. The molecular weight excluding hydrogens is 432 g/mol. The third-order valence-electron chi connectivity index (χ3n) is 5.47. The van der Waals surface area contributed by atoms with E-state index in [4.69, 9.17) is 0 Å². The van der Waals surface area contributed by atoms with E-state index in [-0.39, 0.29) is 11.7 Å². The highest BCUT2D eigenvalue weighted by atomic mass is 32.2. The summed E-state index contributed by atoms with van der Waals surface area (Å²) in [7, 11) is -3.40. The second-order valence-corrected chi connectivity index (χ2v) is 11.4. The van der Waals surface area contributed by atoms with E-state index in [0.29, 0.717) is 37.0 Å². The zero-order valence-electron chi connectivity index (χ0n) is 18.1. The lowest BCUT2D eigenvalue weighted by Gasteiger charge is -2.33. The third-order valence-corrected chi connectivity index (χ3v) is 8.45. The highest BCUT2D eigenvalue weighted by Gasteiger charge is 2.30. The molecule has 31 heavy (non-hydrogen) atoms. The van der Waals surface area contributed by atoms with Crippen molar-refractivity contribution < 1.29 is 13.2 Å². The number of sulfonamides is 1. The molecule has 0 aliphatic carbocycles. The van der Waals surface area contributed by atoms with Crippen LogP contribution in [0.5, 0.6) is 0 Å². The second kappa shape index (κ2) is 8.72. The SMILES string of the molecule is Cc1nn(CC(C)C)c2sc(C(=O)N3CCN(S(=O)(=O)Cc4ccccc4)CC3)cc12. The van der Waals surface area contributed by atoms with Gasteiger partial charge in [-0.3, -0.25) is 9.48 Å². The van der Waals surface area contributed by atoms with Gasteiger partial charge in [0.2, 0.25) is 10.0 Å². The Morgan fingerprint density at radius 3 is 2.45 bits per heavy atom. The molecule has 0 unspecified atom stereocenters. The number of hydrogen-bond acceptors (Lipinski definition) is 5. The first-order chi connectivity index (χ1) is 14.7. The van der Waals surface area contributed by atoms with Gasteiger partial charge in [-0.25, -0.2) is 8.42 Å². The number of aryl methyl sites for hydroxylation is 1. The summed E-state index contributed by atoms with van der Waals surface area (Å²) in [5.41, 5.74) is 1.71. The number of carbonyl (C=O) groups excluding carboxylic acids is 1. The third kappa shape index (κ3) is 4.68. The van der Waals surface area contributed by atoms with Crippen LogP contribution in [0.3, 0.4) is 0 Å². The van der Waals surface area contributed by atoms with Crippen molar-refractivity contribution in [1.29, 1.82) is 0 Å². The van der Waals surface area contributed by atoms with Crippen LogP contribution in [-0.4, -0.2) is 59.5 Å². The Labute approximate surface area is 187 Å². The molecule has 1 aromatic carbocycles. The molecule has 3 aromatic rings. The molecule has 1 fully saturated rings. The molecule has 0 atom stereocenters. The maximum atomic E-state index is 13.1. The largest absolute Gasteiger partial charge is 0.335 e. The maximum Gasteiger partial charge on any atom is 0.264 e. The van der Waals surface area contributed by atoms with Crippen molar-refractivity contribution in [2.45, 2.75) is 33.1 Å². The van der Waals surface area contributed by atoms with E-state index in [1.807, 2.05) is 48.0 Å². The van der Waals surface area contributed by atoms with E-state index in [1.54, 1.807) is 4.90 Å². The zero-order chi connectivity index (χ0) is 22.2. The fraction of sp³-hybridized carbons (Fsp3) is 0.455. The number of rotatable bonds is 6. The number of benzene rings is 1. The van der Waals surface area contributed by atoms with Crippen LogP contribution in [-0.2, 0) is 22.3 Å². The summed E-state index contributed by atoms with van der Waals surface area (Å²) in [6.07, 6.45) is 0. The Morgan fingerprint density at radius 1 is 1.13 bits per heavy atom. The van der Waals surface area contributed by atoms with Crippen molar-refractivity contribution in [3.63, 3.8) is 0 Å². The van der Waals surface area contributed by atoms with Gasteiger partial charge in [0.25, 0.3) is 5.91 Å². The molecule has 0 saturated carbocycles. The summed E-state index contributed by atoms with van der Waals surface area (Å²) >= 11 is 1.47. The second-order valence-electron chi connectivity index (χ2n) is 8.42. The summed E-state index contributed by atoms with van der Waals surface area (Å²) in [4.78, 5) is 16.6. The van der Waals surface area contributed by atoms with Gasteiger partial charge in [-0.2, -0.15) is 9.40 Å². The Morgan fingerprint density at radius 2 is 1.81 bits per heavy atom. The first kappa shape index (κ1) is 22.0. The molecular formula is C22H28N4O3S2. The van der Waals surface area contributed by atoms with E-state index in [9.17, 15) is 13.2 Å². The molecule has 1 saturated heterocycles. The molecule has 0 radical (unpaired) electrons. The smallest absolute Gasteiger partial charge is 0.264 e. The number of amides is 1. The topological polar surface area (TPSA) is 75.5 Å². The van der Waals surface area contributed by atoms with Crippen LogP contribution in [0.15, 0.2) is 36.4 Å². The summed E-state index contributed by atoms with van der Waals surface area (Å²) in [6.45, 7) is 8.53. The Hall–Kier alpha value is -2.23. The quantitative estimate of drug-likeness (QED) is 0.565. The van der Waals surface area contributed by atoms with Gasteiger partial charge in [-0.15, -0.1) is 11.3 Å². The van der Waals surface area contributed by atoms with Crippen molar-refractivity contribution >= 4 is 37.5 Å². The van der Waals surface area contributed by atoms with Crippen LogP contribution in [0.4, 0.5) is 0 Å². The van der Waals surface area contributed by atoms with Crippen LogP contribution in [0.1, 0.15) is 34.8 Å². The van der Waals surface area contributed by atoms with Gasteiger partial charge in [0, 0.05) is 38.1 Å². The van der Waals surface area contributed by atoms with Crippen LogP contribution >= 0.6 is 11.3 Å². The van der Waals surface area contributed by atoms with E-state index in [2.05, 4.69) is 18.9 Å². The predicted octanol–water partition coefficient (Wildman–Crippen LogP) is 3.35. The molecule has 1 aliphatic rings. The zero-order valence-corrected chi connectivity index (χ0v) is 19.7. The van der Waals surface area contributed by atoms with E-state index in [0.717, 1.165) is 28.0 Å². The number of piperazine rings is 1.